The minimum Gasteiger partial charge on any atom is -0.507 e. The first-order valence-electron chi connectivity index (χ1n) is 12.0. The van der Waals surface area contributed by atoms with Gasteiger partial charge in [0.2, 0.25) is 0 Å². The van der Waals surface area contributed by atoms with E-state index in [1.165, 1.54) is 16.7 Å². The zero-order valence-corrected chi connectivity index (χ0v) is 21.2. The second-order valence-electron chi connectivity index (χ2n) is 10.4. The second kappa shape index (κ2) is 9.00. The van der Waals surface area contributed by atoms with Gasteiger partial charge in [-0.25, -0.2) is 9.78 Å². The molecular weight excluding hydrogens is 499 g/mol. The summed E-state index contributed by atoms with van der Waals surface area (Å²) >= 11 is 0. The summed E-state index contributed by atoms with van der Waals surface area (Å²) in [5.74, 6) is -0.107. The van der Waals surface area contributed by atoms with Gasteiger partial charge >= 0.3 is 12.3 Å². The summed E-state index contributed by atoms with van der Waals surface area (Å²) in [4.78, 5) is 17.7. The lowest BCUT2D eigenvalue weighted by atomic mass is 9.96. The number of ether oxygens (including phenoxy) is 1. The highest BCUT2D eigenvalue weighted by Crippen LogP contribution is 2.38. The van der Waals surface area contributed by atoms with Crippen LogP contribution in [0.1, 0.15) is 43.6 Å². The number of imidazole rings is 1. The Kier molecular flexibility index (Phi) is 6.04. The van der Waals surface area contributed by atoms with Gasteiger partial charge in [0.1, 0.15) is 17.0 Å². The highest BCUT2D eigenvalue weighted by atomic mass is 19.4. The summed E-state index contributed by atoms with van der Waals surface area (Å²) < 4.78 is 47.8. The van der Waals surface area contributed by atoms with Crippen molar-refractivity contribution in [3.8, 4) is 28.1 Å². The number of carbonyl (C=O) groups excluding carboxylic acids is 1. The Morgan fingerprint density at radius 2 is 1.76 bits per heavy atom. The third-order valence-electron chi connectivity index (χ3n) is 6.22. The number of rotatable bonds is 3. The number of phenolic OH excluding ortho intramolecular Hbond substituents is 1. The van der Waals surface area contributed by atoms with Gasteiger partial charge in [0.05, 0.1) is 22.6 Å². The van der Waals surface area contributed by atoms with Crippen LogP contribution in [0, 0.1) is 6.92 Å². The van der Waals surface area contributed by atoms with Crippen molar-refractivity contribution in [3.63, 3.8) is 0 Å². The van der Waals surface area contributed by atoms with E-state index in [2.05, 4.69) is 15.2 Å². The van der Waals surface area contributed by atoms with Crippen LogP contribution in [0.2, 0.25) is 0 Å². The third kappa shape index (κ3) is 5.00. The van der Waals surface area contributed by atoms with Crippen LogP contribution in [0.25, 0.3) is 28.0 Å². The van der Waals surface area contributed by atoms with Gasteiger partial charge in [-0.2, -0.15) is 23.4 Å². The fourth-order valence-electron chi connectivity index (χ4n) is 4.36. The number of halogens is 3. The number of benzene rings is 1. The zero-order valence-electron chi connectivity index (χ0n) is 21.2. The number of hydrogen-bond acceptors (Lipinski definition) is 6. The van der Waals surface area contributed by atoms with Crippen molar-refractivity contribution in [1.82, 2.24) is 24.5 Å². The summed E-state index contributed by atoms with van der Waals surface area (Å²) in [6.45, 7) is 8.02. The molecule has 1 saturated heterocycles. The molecule has 1 N–H and O–H groups in total. The first-order chi connectivity index (χ1) is 17.8. The number of pyridine rings is 1. The van der Waals surface area contributed by atoms with Gasteiger partial charge in [0.15, 0.2) is 0 Å². The average Bonchev–Trinajstić information content (AvgIpc) is 3.16. The number of amides is 1. The lowest BCUT2D eigenvalue weighted by Gasteiger charge is -2.39. The van der Waals surface area contributed by atoms with E-state index in [0.717, 1.165) is 6.07 Å². The van der Waals surface area contributed by atoms with E-state index in [9.17, 15) is 23.1 Å². The van der Waals surface area contributed by atoms with E-state index < -0.39 is 17.3 Å². The van der Waals surface area contributed by atoms with Crippen molar-refractivity contribution in [3.05, 3.63) is 65.7 Å². The number of fused-ring (bicyclic) bond motifs is 1. The van der Waals surface area contributed by atoms with Gasteiger partial charge in [0.25, 0.3) is 0 Å². The monoisotopic (exact) mass is 525 g/mol. The van der Waals surface area contributed by atoms with E-state index in [1.54, 1.807) is 42.3 Å². The summed E-state index contributed by atoms with van der Waals surface area (Å²) in [6.07, 6.45) is -1.88. The zero-order chi connectivity index (χ0) is 27.4. The SMILES string of the molecule is Cc1cn2cc(-c3ccc(-c4ccc(C5CN(C(=O)OC(C)(C)C)C5)nn4)c(O)c3)cc(C(F)(F)F)c2n1. The Balaban J connectivity index is 1.35. The Hall–Kier alpha value is -4.15. The summed E-state index contributed by atoms with van der Waals surface area (Å²) in [5, 5.41) is 19.2. The van der Waals surface area contributed by atoms with E-state index in [4.69, 9.17) is 4.74 Å². The van der Waals surface area contributed by atoms with E-state index in [0.29, 0.717) is 41.3 Å². The molecule has 0 atom stereocenters. The van der Waals surface area contributed by atoms with Crippen molar-refractivity contribution in [2.45, 2.75) is 45.4 Å². The predicted molar refractivity (Wildman–Crippen MR) is 134 cm³/mol. The Morgan fingerprint density at radius 3 is 2.37 bits per heavy atom. The first-order valence-corrected chi connectivity index (χ1v) is 12.0. The Bertz CT molecular complexity index is 1520. The van der Waals surface area contributed by atoms with Gasteiger partial charge in [-0.3, -0.25) is 0 Å². The average molecular weight is 526 g/mol. The van der Waals surface area contributed by atoms with Crippen LogP contribution in [0.15, 0.2) is 48.8 Å². The van der Waals surface area contributed by atoms with Gasteiger partial charge in [-0.15, -0.1) is 0 Å². The van der Waals surface area contributed by atoms with Crippen LogP contribution in [0.3, 0.4) is 0 Å². The molecule has 1 amide bonds. The molecular formula is C27H26F3N5O3. The minimum absolute atomic E-state index is 0.0320. The summed E-state index contributed by atoms with van der Waals surface area (Å²) in [5.41, 5.74) is 1.10. The van der Waals surface area contributed by atoms with Gasteiger partial charge < -0.3 is 19.1 Å². The highest BCUT2D eigenvalue weighted by molar-refractivity contribution is 5.75. The fourth-order valence-corrected chi connectivity index (χ4v) is 4.36. The number of aromatic nitrogens is 4. The number of alkyl halides is 3. The molecule has 4 aromatic rings. The van der Waals surface area contributed by atoms with Crippen LogP contribution >= 0.6 is 0 Å². The topological polar surface area (TPSA) is 92.9 Å². The molecule has 1 aliphatic heterocycles. The number of carbonyl (C=O) groups is 1. The molecule has 1 aromatic carbocycles. The van der Waals surface area contributed by atoms with Crippen LogP contribution in [-0.2, 0) is 10.9 Å². The number of aryl methyl sites for hydroxylation is 1. The van der Waals surface area contributed by atoms with Crippen molar-refractivity contribution in [1.29, 1.82) is 0 Å². The van der Waals surface area contributed by atoms with Gasteiger partial charge in [-0.05, 0) is 69.2 Å². The fraction of sp³-hybridized carbons (Fsp3) is 0.333. The molecule has 3 aromatic heterocycles. The maximum Gasteiger partial charge on any atom is 0.420 e. The van der Waals surface area contributed by atoms with Gasteiger partial charge in [-0.1, -0.05) is 6.07 Å². The molecule has 0 bridgehead atoms. The maximum absolute atomic E-state index is 13.7. The van der Waals surface area contributed by atoms with Crippen molar-refractivity contribution < 1.29 is 27.8 Å². The third-order valence-corrected chi connectivity index (χ3v) is 6.22. The van der Waals surface area contributed by atoms with E-state index in [1.807, 2.05) is 20.8 Å². The molecule has 1 fully saturated rings. The van der Waals surface area contributed by atoms with E-state index in [-0.39, 0.29) is 29.0 Å². The molecule has 0 radical (unpaired) electrons. The quantitative estimate of drug-likeness (QED) is 0.362. The molecule has 8 nitrogen and oxygen atoms in total. The molecule has 0 saturated carbocycles. The van der Waals surface area contributed by atoms with Gasteiger partial charge in [0, 0.05) is 37.0 Å². The number of hydrogen-bond donors (Lipinski definition) is 1. The van der Waals surface area contributed by atoms with Crippen LogP contribution in [0.4, 0.5) is 18.0 Å². The predicted octanol–water partition coefficient (Wildman–Crippen LogP) is 5.83. The summed E-state index contributed by atoms with van der Waals surface area (Å²) in [7, 11) is 0. The lowest BCUT2D eigenvalue weighted by Crippen LogP contribution is -2.50. The maximum atomic E-state index is 13.7. The minimum atomic E-state index is -4.58. The second-order valence-corrected chi connectivity index (χ2v) is 10.4. The standard InChI is InChI=1S/C27H26F3N5O3/c1-15-11-34-12-17(9-20(24(34)31-15)27(28,29)30)16-5-6-19(23(36)10-16)22-8-7-21(32-33-22)18-13-35(14-18)25(37)38-26(2,3)4/h5-12,18,36H,13-14H2,1-4H3. The number of aromatic hydroxyl groups is 1. The molecule has 198 valence electrons. The molecule has 0 aliphatic carbocycles. The smallest absolute Gasteiger partial charge is 0.420 e. The number of likely N-dealkylation sites (tertiary alicyclic amines) is 1. The van der Waals surface area contributed by atoms with Crippen LogP contribution < -0.4 is 0 Å². The van der Waals surface area contributed by atoms with Crippen molar-refractivity contribution in [2.24, 2.45) is 0 Å². The van der Waals surface area contributed by atoms with Crippen molar-refractivity contribution >= 4 is 11.7 Å². The highest BCUT2D eigenvalue weighted by Gasteiger charge is 2.36. The molecule has 0 unspecified atom stereocenters. The number of nitrogens with zero attached hydrogens (tertiary/aromatic N) is 5. The summed E-state index contributed by atoms with van der Waals surface area (Å²) in [6, 6.07) is 9.16. The Morgan fingerprint density at radius 1 is 1.03 bits per heavy atom. The lowest BCUT2D eigenvalue weighted by molar-refractivity contribution is -0.136. The largest absolute Gasteiger partial charge is 0.507 e. The molecule has 38 heavy (non-hydrogen) atoms. The van der Waals surface area contributed by atoms with E-state index >= 15 is 0 Å². The first kappa shape index (κ1) is 25.5. The normalized spacial score (nSPS) is 14.6. The number of phenols is 1. The molecule has 0 spiro atoms. The molecule has 11 heteroatoms. The molecule has 4 heterocycles. The molecule has 1 aliphatic rings. The van der Waals surface area contributed by atoms with Crippen LogP contribution in [-0.4, -0.2) is 54.4 Å². The Labute approximate surface area is 216 Å². The van der Waals surface area contributed by atoms with Crippen molar-refractivity contribution in [2.75, 3.05) is 13.1 Å². The van der Waals surface area contributed by atoms with Crippen LogP contribution in [0.5, 0.6) is 5.75 Å². The molecule has 5 rings (SSSR count).